The number of nitrogens with zero attached hydrogens (tertiary/aromatic N) is 8. The van der Waals surface area contributed by atoms with E-state index in [1.165, 1.54) is 38.9 Å². The first-order valence-corrected chi connectivity index (χ1v) is 22.2. The second-order valence-corrected chi connectivity index (χ2v) is 14.6. The Hall–Kier alpha value is -5.38. The van der Waals surface area contributed by atoms with Crippen molar-refractivity contribution in [2.45, 2.75) is 162 Å². The first-order chi connectivity index (χ1) is 28.8. The van der Waals surface area contributed by atoms with Gasteiger partial charge >= 0.3 is 0 Å². The summed E-state index contributed by atoms with van der Waals surface area (Å²) in [6, 6.07) is 10.2. The van der Waals surface area contributed by atoms with E-state index in [0.29, 0.717) is 23.7 Å². The van der Waals surface area contributed by atoms with Crippen LogP contribution in [0.5, 0.6) is 0 Å². The molecule has 328 valence electrons. The molecule has 8 aromatic rings. The van der Waals surface area contributed by atoms with Gasteiger partial charge in [0, 0.05) is 58.7 Å². The molecule has 0 radical (unpaired) electrons. The average molecular weight is 819 g/mol. The van der Waals surface area contributed by atoms with Gasteiger partial charge in [-0.15, -0.1) is 0 Å². The summed E-state index contributed by atoms with van der Waals surface area (Å²) in [6.45, 7) is 41.8. The van der Waals surface area contributed by atoms with E-state index in [9.17, 15) is 0 Å². The lowest BCUT2D eigenvalue weighted by Gasteiger charge is -2.08. The maximum atomic E-state index is 4.50. The van der Waals surface area contributed by atoms with Crippen LogP contribution < -0.4 is 0 Å². The minimum Gasteiger partial charge on any atom is -0.357 e. The second kappa shape index (κ2) is 26.7. The number of pyridine rings is 2. The molecule has 10 nitrogen and oxygen atoms in total. The van der Waals surface area contributed by atoms with Crippen molar-refractivity contribution in [3.05, 3.63) is 119 Å². The fourth-order valence-corrected chi connectivity index (χ4v) is 7.05. The summed E-state index contributed by atoms with van der Waals surface area (Å²) < 4.78 is 3.80. The Morgan fingerprint density at radius 3 is 1.85 bits per heavy atom. The third-order valence-corrected chi connectivity index (χ3v) is 9.20. The number of aromatic amines is 2. The summed E-state index contributed by atoms with van der Waals surface area (Å²) in [5.74, 6) is 2.08. The normalized spacial score (nSPS) is 10.3. The lowest BCUT2D eigenvalue weighted by molar-refractivity contribution is 0.751. The Balaban J connectivity index is 0.000000378. The fourth-order valence-electron chi connectivity index (χ4n) is 7.05. The second-order valence-electron chi connectivity index (χ2n) is 14.6. The number of aromatic nitrogens is 10. The SMILES string of the molecule is CC.CC.CC.CC.Cc1[nH]c2cnccc2c1C(C)C.Cc1nc2[nH]ccc2cc1C(C)C.Cc1nc2cccnn2c1C(C)C.Cc1nn2ccncc2c1C(C)C. The summed E-state index contributed by atoms with van der Waals surface area (Å²) in [7, 11) is 0. The topological polar surface area (TPSA) is 118 Å². The van der Waals surface area contributed by atoms with E-state index in [4.69, 9.17) is 0 Å². The van der Waals surface area contributed by atoms with Gasteiger partial charge in [0.2, 0.25) is 0 Å². The van der Waals surface area contributed by atoms with Crippen molar-refractivity contribution in [2.24, 2.45) is 0 Å². The predicted octanol–water partition coefficient (Wildman–Crippen LogP) is 14.4. The largest absolute Gasteiger partial charge is 0.357 e. The molecule has 10 heteroatoms. The highest BCUT2D eigenvalue weighted by molar-refractivity contribution is 5.84. The summed E-state index contributed by atoms with van der Waals surface area (Å²) in [6.07, 6.45) is 13.0. The van der Waals surface area contributed by atoms with Gasteiger partial charge in [-0.2, -0.15) is 10.2 Å². The van der Waals surface area contributed by atoms with E-state index in [-0.39, 0.29) is 0 Å². The Morgan fingerprint density at radius 2 is 1.25 bits per heavy atom. The van der Waals surface area contributed by atoms with Crippen molar-refractivity contribution in [1.82, 2.24) is 49.1 Å². The fraction of sp³-hybridized carbons (Fsp3) is 0.480. The monoisotopic (exact) mass is 819 g/mol. The van der Waals surface area contributed by atoms with Crippen LogP contribution in [0.25, 0.3) is 33.1 Å². The number of hydrogen-bond acceptors (Lipinski definition) is 6. The van der Waals surface area contributed by atoms with Gasteiger partial charge in [-0.3, -0.25) is 9.97 Å². The van der Waals surface area contributed by atoms with Crippen molar-refractivity contribution >= 4 is 33.1 Å². The van der Waals surface area contributed by atoms with Crippen LogP contribution in [0.1, 0.15) is 180 Å². The van der Waals surface area contributed by atoms with Crippen LogP contribution in [0, 0.1) is 27.7 Å². The summed E-state index contributed by atoms with van der Waals surface area (Å²) in [4.78, 5) is 23.6. The lowest BCUT2D eigenvalue weighted by atomic mass is 10.0. The van der Waals surface area contributed by atoms with E-state index in [2.05, 4.69) is 128 Å². The minimum atomic E-state index is 0.463. The number of hydrogen-bond donors (Lipinski definition) is 2. The molecule has 0 aromatic carbocycles. The molecular formula is C50H78N10. The van der Waals surface area contributed by atoms with E-state index < -0.39 is 0 Å². The maximum Gasteiger partial charge on any atom is 0.154 e. The molecule has 0 saturated carbocycles. The van der Waals surface area contributed by atoms with Crippen LogP contribution in [0.3, 0.4) is 0 Å². The zero-order valence-electron chi connectivity index (χ0n) is 40.8. The number of nitrogens with one attached hydrogen (secondary N) is 2. The van der Waals surface area contributed by atoms with Gasteiger partial charge in [0.1, 0.15) is 5.65 Å². The quantitative estimate of drug-likeness (QED) is 0.183. The molecular weight excluding hydrogens is 741 g/mol. The minimum absolute atomic E-state index is 0.463. The van der Waals surface area contributed by atoms with Crippen molar-refractivity contribution in [1.29, 1.82) is 0 Å². The molecule has 0 aliphatic rings. The van der Waals surface area contributed by atoms with Crippen LogP contribution in [-0.2, 0) is 0 Å². The van der Waals surface area contributed by atoms with Gasteiger partial charge in [0.05, 0.1) is 40.5 Å². The molecule has 8 heterocycles. The van der Waals surface area contributed by atoms with Gasteiger partial charge < -0.3 is 9.97 Å². The predicted molar refractivity (Wildman–Crippen MR) is 259 cm³/mol. The van der Waals surface area contributed by atoms with E-state index >= 15 is 0 Å². The molecule has 0 spiro atoms. The van der Waals surface area contributed by atoms with Crippen LogP contribution in [0.4, 0.5) is 0 Å². The summed E-state index contributed by atoms with van der Waals surface area (Å²) in [5, 5.41) is 11.2. The van der Waals surface area contributed by atoms with Gasteiger partial charge in [0.15, 0.2) is 5.65 Å². The first-order valence-electron chi connectivity index (χ1n) is 22.2. The molecule has 0 amide bonds. The first kappa shape index (κ1) is 52.6. The molecule has 0 bridgehead atoms. The van der Waals surface area contributed by atoms with E-state index in [0.717, 1.165) is 39.4 Å². The number of fused-ring (bicyclic) bond motifs is 4. The van der Waals surface area contributed by atoms with Crippen molar-refractivity contribution in [3.8, 4) is 0 Å². The number of aryl methyl sites for hydroxylation is 4. The Morgan fingerprint density at radius 1 is 0.617 bits per heavy atom. The molecule has 2 N–H and O–H groups in total. The highest BCUT2D eigenvalue weighted by Crippen LogP contribution is 2.28. The van der Waals surface area contributed by atoms with Gasteiger partial charge in [0.25, 0.3) is 0 Å². The maximum absolute atomic E-state index is 4.50. The Kier molecular flexibility index (Phi) is 23.4. The zero-order valence-corrected chi connectivity index (χ0v) is 40.8. The number of H-pyrrole nitrogens is 2. The van der Waals surface area contributed by atoms with Crippen LogP contribution >= 0.6 is 0 Å². The lowest BCUT2D eigenvalue weighted by Crippen LogP contribution is -1.99. The van der Waals surface area contributed by atoms with Gasteiger partial charge in [-0.05, 0) is 92.8 Å². The van der Waals surface area contributed by atoms with Gasteiger partial charge in [-0.1, -0.05) is 111 Å². The molecule has 0 unspecified atom stereocenters. The third-order valence-electron chi connectivity index (χ3n) is 9.20. The van der Waals surface area contributed by atoms with E-state index in [1.807, 2.05) is 121 Å². The molecule has 60 heavy (non-hydrogen) atoms. The van der Waals surface area contributed by atoms with Crippen molar-refractivity contribution in [2.75, 3.05) is 0 Å². The summed E-state index contributed by atoms with van der Waals surface area (Å²) in [5.41, 5.74) is 14.0. The van der Waals surface area contributed by atoms with E-state index in [1.54, 1.807) is 12.4 Å². The van der Waals surface area contributed by atoms with Crippen molar-refractivity contribution in [3.63, 3.8) is 0 Å². The van der Waals surface area contributed by atoms with Crippen LogP contribution in [0.15, 0.2) is 73.7 Å². The number of imidazole rings is 1. The zero-order chi connectivity index (χ0) is 45.7. The molecule has 8 rings (SSSR count). The highest BCUT2D eigenvalue weighted by atomic mass is 15.3. The molecule has 0 aliphatic carbocycles. The number of rotatable bonds is 4. The molecule has 0 aliphatic heterocycles. The summed E-state index contributed by atoms with van der Waals surface area (Å²) >= 11 is 0. The molecule has 0 fully saturated rings. The van der Waals surface area contributed by atoms with Gasteiger partial charge in [-0.25, -0.2) is 19.0 Å². The molecule has 0 atom stereocenters. The standard InChI is InChI=1S/2C11H14N2.2C10H13N3.4C2H6/c1-7(2)11-8(3)13-10-6-12-5-4-9(10)11;1-7(2)10-6-9-4-5-12-11(9)13-8(10)3;1-7(2)10-8(3)12-13-5-4-11-6-9(10)13;1-7(2)10-8(3)12-9-5-4-6-11-13(9)10;4*1-2/h4-7,13H,1-3H3;4-7H,1-3H3,(H,12,13);2*4-7H,1-3H3;4*1-2H3. The molecule has 0 saturated heterocycles. The van der Waals surface area contributed by atoms with Crippen LogP contribution in [-0.4, -0.2) is 49.1 Å². The molecule has 8 aromatic heterocycles. The Bertz CT molecular complexity index is 2190. The Labute approximate surface area is 362 Å². The highest BCUT2D eigenvalue weighted by Gasteiger charge is 2.13. The third kappa shape index (κ3) is 13.6. The van der Waals surface area contributed by atoms with Crippen molar-refractivity contribution < 1.29 is 0 Å². The smallest absolute Gasteiger partial charge is 0.154 e. The van der Waals surface area contributed by atoms with Crippen LogP contribution in [0.2, 0.25) is 0 Å². The average Bonchev–Trinajstić information content (AvgIpc) is 4.02.